The summed E-state index contributed by atoms with van der Waals surface area (Å²) in [4.78, 5) is 20.8. The van der Waals surface area contributed by atoms with Crippen LogP contribution in [-0.4, -0.2) is 22.2 Å². The van der Waals surface area contributed by atoms with Gasteiger partial charge in [0, 0.05) is 0 Å². The third-order valence-electron chi connectivity index (χ3n) is 1.36. The van der Waals surface area contributed by atoms with E-state index in [9.17, 15) is 9.59 Å². The normalized spacial score (nSPS) is 8.62. The van der Waals surface area contributed by atoms with E-state index in [0.717, 1.165) is 6.07 Å². The van der Waals surface area contributed by atoms with Gasteiger partial charge in [0.2, 0.25) is 0 Å². The van der Waals surface area contributed by atoms with Crippen molar-refractivity contribution in [3.63, 3.8) is 0 Å². The van der Waals surface area contributed by atoms with Gasteiger partial charge in [-0.1, -0.05) is 6.07 Å². The van der Waals surface area contributed by atoms with Crippen molar-refractivity contribution in [3.05, 3.63) is 35.4 Å². The molecule has 0 aliphatic heterocycles. The predicted molar refractivity (Wildman–Crippen MR) is 41.5 cm³/mol. The quantitative estimate of drug-likeness (QED) is 0.519. The molecule has 13 heavy (non-hydrogen) atoms. The summed E-state index contributed by atoms with van der Waals surface area (Å²) >= 11 is 0. The van der Waals surface area contributed by atoms with Gasteiger partial charge in [-0.05, 0) is 18.2 Å². The Bertz CT molecular complexity index is 311. The van der Waals surface area contributed by atoms with E-state index in [4.69, 9.17) is 10.2 Å². The minimum atomic E-state index is -1.13. The van der Waals surface area contributed by atoms with Gasteiger partial charge in [0.25, 0.3) is 0 Å². The molecule has 1 rings (SSSR count). The van der Waals surface area contributed by atoms with Crippen molar-refractivity contribution >= 4 is 11.9 Å². The van der Waals surface area contributed by atoms with Crippen molar-refractivity contribution in [1.29, 1.82) is 0 Å². The molecule has 0 unspecified atom stereocenters. The van der Waals surface area contributed by atoms with Crippen molar-refractivity contribution in [2.75, 3.05) is 0 Å². The molecule has 0 aliphatic rings. The average Bonchev–Trinajstić information content (AvgIpc) is 2.04. The molecule has 0 bridgehead atoms. The fourth-order valence-electron chi connectivity index (χ4n) is 0.785. The molecular weight excluding hydrogens is 167 g/mol. The fraction of sp³-hybridized carbons (Fsp3) is 0. The van der Waals surface area contributed by atoms with Crippen LogP contribution < -0.4 is 18.9 Å². The van der Waals surface area contributed by atoms with Crippen LogP contribution in [0.4, 0.5) is 0 Å². The first-order valence-electron chi connectivity index (χ1n) is 3.18. The van der Waals surface area contributed by atoms with Crippen molar-refractivity contribution in [1.82, 2.24) is 0 Å². The van der Waals surface area contributed by atoms with Crippen LogP contribution in [-0.2, 0) is 0 Å². The number of rotatable bonds is 2. The molecule has 0 radical (unpaired) electrons. The van der Waals surface area contributed by atoms with Crippen LogP contribution in [0, 0.1) is 0 Å². The molecule has 0 aromatic heterocycles. The first-order valence-corrected chi connectivity index (χ1v) is 3.18. The van der Waals surface area contributed by atoms with Gasteiger partial charge < -0.3 is 11.6 Å². The maximum Gasteiger partial charge on any atom is 1.00 e. The molecule has 0 fully saturated rings. The largest absolute Gasteiger partial charge is 1.00 e. The van der Waals surface area contributed by atoms with Crippen LogP contribution in [0.25, 0.3) is 0 Å². The SMILES string of the molecule is O=C(O)c1cccc(C(=O)O)c1.[H-].[Li+]. The molecular formula is C8H7LiO4. The van der Waals surface area contributed by atoms with E-state index in [-0.39, 0.29) is 31.4 Å². The van der Waals surface area contributed by atoms with Gasteiger partial charge in [-0.15, -0.1) is 0 Å². The summed E-state index contributed by atoms with van der Waals surface area (Å²) in [6.07, 6.45) is 0. The Labute approximate surface area is 87.9 Å². The fourth-order valence-corrected chi connectivity index (χ4v) is 0.785. The molecule has 0 saturated carbocycles. The minimum Gasteiger partial charge on any atom is -1.00 e. The van der Waals surface area contributed by atoms with Gasteiger partial charge in [-0.3, -0.25) is 0 Å². The molecule has 4 nitrogen and oxygen atoms in total. The minimum absolute atomic E-state index is 0. The number of benzene rings is 1. The van der Waals surface area contributed by atoms with Crippen molar-refractivity contribution in [2.45, 2.75) is 0 Å². The van der Waals surface area contributed by atoms with Crippen molar-refractivity contribution in [3.8, 4) is 0 Å². The second-order valence-electron chi connectivity index (χ2n) is 2.19. The van der Waals surface area contributed by atoms with Crippen LogP contribution in [0.15, 0.2) is 24.3 Å². The summed E-state index contributed by atoms with van der Waals surface area (Å²) in [5, 5.41) is 17.0. The maximum atomic E-state index is 10.4. The van der Waals surface area contributed by atoms with Crippen LogP contribution in [0.3, 0.4) is 0 Å². The molecule has 64 valence electrons. The number of carboxylic acid groups (broad SMARTS) is 2. The zero-order chi connectivity index (χ0) is 9.14. The average molecular weight is 174 g/mol. The Balaban J connectivity index is 0. The van der Waals surface area contributed by atoms with Crippen LogP contribution >= 0.6 is 0 Å². The topological polar surface area (TPSA) is 74.6 Å². The summed E-state index contributed by atoms with van der Waals surface area (Å²) in [6.45, 7) is 0. The molecule has 0 aliphatic carbocycles. The first-order chi connectivity index (χ1) is 5.61. The Morgan fingerprint density at radius 3 is 1.77 bits per heavy atom. The first kappa shape index (κ1) is 11.8. The summed E-state index contributed by atoms with van der Waals surface area (Å²) < 4.78 is 0. The summed E-state index contributed by atoms with van der Waals surface area (Å²) in [6, 6.07) is 5.20. The van der Waals surface area contributed by atoms with Gasteiger partial charge in [-0.2, -0.15) is 0 Å². The summed E-state index contributed by atoms with van der Waals surface area (Å²) in [5.74, 6) is -2.25. The zero-order valence-corrected chi connectivity index (χ0v) is 7.02. The van der Waals surface area contributed by atoms with Gasteiger partial charge in [-0.25, -0.2) is 9.59 Å². The van der Waals surface area contributed by atoms with E-state index in [1.807, 2.05) is 0 Å². The monoisotopic (exact) mass is 174 g/mol. The molecule has 0 amide bonds. The van der Waals surface area contributed by atoms with Gasteiger partial charge in [0.05, 0.1) is 11.1 Å². The van der Waals surface area contributed by atoms with E-state index in [0.29, 0.717) is 0 Å². The predicted octanol–water partition coefficient (Wildman–Crippen LogP) is -1.80. The van der Waals surface area contributed by atoms with Crippen LogP contribution in [0.1, 0.15) is 22.1 Å². The van der Waals surface area contributed by atoms with Gasteiger partial charge in [0.1, 0.15) is 0 Å². The molecule has 0 spiro atoms. The Morgan fingerprint density at radius 2 is 1.46 bits per heavy atom. The molecule has 1 aromatic carbocycles. The second kappa shape index (κ2) is 4.70. The number of hydrogen-bond donors (Lipinski definition) is 2. The second-order valence-corrected chi connectivity index (χ2v) is 2.19. The number of carboxylic acids is 2. The molecule has 0 saturated heterocycles. The van der Waals surface area contributed by atoms with Crippen molar-refractivity contribution in [2.24, 2.45) is 0 Å². The van der Waals surface area contributed by atoms with Crippen LogP contribution in [0.2, 0.25) is 0 Å². The van der Waals surface area contributed by atoms with E-state index < -0.39 is 11.9 Å². The molecule has 1 aromatic rings. The Kier molecular flexibility index (Phi) is 4.25. The summed E-state index contributed by atoms with van der Waals surface area (Å²) in [7, 11) is 0. The van der Waals surface area contributed by atoms with Crippen molar-refractivity contribution < 1.29 is 40.1 Å². The number of aromatic carboxylic acids is 2. The van der Waals surface area contributed by atoms with Gasteiger partial charge >= 0.3 is 30.8 Å². The Morgan fingerprint density at radius 1 is 1.08 bits per heavy atom. The number of hydrogen-bond acceptors (Lipinski definition) is 2. The van der Waals surface area contributed by atoms with E-state index in [1.54, 1.807) is 0 Å². The number of carbonyl (C=O) groups is 2. The van der Waals surface area contributed by atoms with Gasteiger partial charge in [0.15, 0.2) is 0 Å². The zero-order valence-electron chi connectivity index (χ0n) is 8.02. The molecule has 0 atom stereocenters. The molecule has 5 heteroatoms. The molecule has 2 N–H and O–H groups in total. The molecule has 0 heterocycles. The van der Waals surface area contributed by atoms with Crippen LogP contribution in [0.5, 0.6) is 0 Å². The van der Waals surface area contributed by atoms with E-state index in [1.165, 1.54) is 18.2 Å². The Hall–Kier alpha value is -1.24. The third kappa shape index (κ3) is 2.94. The van der Waals surface area contributed by atoms with E-state index in [2.05, 4.69) is 0 Å². The third-order valence-corrected chi connectivity index (χ3v) is 1.36. The summed E-state index contributed by atoms with van der Waals surface area (Å²) in [5.41, 5.74) is -0.0372. The smallest absolute Gasteiger partial charge is 1.00 e. The maximum absolute atomic E-state index is 10.4. The van der Waals surface area contributed by atoms with E-state index >= 15 is 0 Å². The standard InChI is InChI=1S/C8H6O4.Li.H/c9-7(10)5-2-1-3-6(4-5)8(11)12;;/h1-4H,(H,9,10)(H,11,12);;/q;+1;-1.